The van der Waals surface area contributed by atoms with E-state index in [2.05, 4.69) is 10.2 Å². The molecule has 0 aliphatic carbocycles. The van der Waals surface area contributed by atoms with Gasteiger partial charge in [-0.2, -0.15) is 0 Å². The lowest BCUT2D eigenvalue weighted by atomic mass is 9.67. The van der Waals surface area contributed by atoms with Crippen LogP contribution < -0.4 is 19.5 Å². The van der Waals surface area contributed by atoms with Crippen molar-refractivity contribution in [2.45, 2.75) is 42.9 Å². The highest BCUT2D eigenvalue weighted by molar-refractivity contribution is 6.10. The lowest BCUT2D eigenvalue weighted by molar-refractivity contribution is -0.153. The number of carbonyl (C=O) groups is 1. The Morgan fingerprint density at radius 3 is 2.57 bits per heavy atom. The maximum absolute atomic E-state index is 13.6. The molecule has 30 heavy (non-hydrogen) atoms. The van der Waals surface area contributed by atoms with Crippen LogP contribution in [0.2, 0.25) is 0 Å². The molecule has 3 N–H and O–H groups in total. The Labute approximate surface area is 175 Å². The quantitative estimate of drug-likeness (QED) is 0.631. The number of carbonyl (C=O) groups excluding carboxylic acids is 1. The smallest absolute Gasteiger partial charge is 0.237 e. The standard InChI is InChI=1S/C22H28N2O6/c1-5-11-9-24-15-6-12(11)22(27,10-25)16(24)8-21(15)17-18(23-20(21)26)13(28-2)7-14(29-3)19(17)30-4/h5,7,12,15-16,25,27H,6,8-10H2,1-4H3,(H,23,26)/b11-5-/t12-,15-,16-,21+,22?/m0/s1. The van der Waals surface area contributed by atoms with Gasteiger partial charge in [0.15, 0.2) is 11.5 Å². The zero-order chi connectivity index (χ0) is 21.4. The molecule has 0 aromatic heterocycles. The lowest BCUT2D eigenvalue weighted by Gasteiger charge is -2.56. The van der Waals surface area contributed by atoms with Gasteiger partial charge < -0.3 is 29.7 Å². The molecule has 4 saturated heterocycles. The van der Waals surface area contributed by atoms with Gasteiger partial charge in [0.2, 0.25) is 5.91 Å². The van der Waals surface area contributed by atoms with Crippen LogP contribution in [0.15, 0.2) is 17.7 Å². The molecular weight excluding hydrogens is 388 g/mol. The predicted molar refractivity (Wildman–Crippen MR) is 109 cm³/mol. The number of fused-ring (bicyclic) bond motifs is 3. The second-order valence-electron chi connectivity index (χ2n) is 8.70. The lowest BCUT2D eigenvalue weighted by Crippen LogP contribution is -2.68. The molecule has 6 rings (SSSR count). The number of anilines is 1. The van der Waals surface area contributed by atoms with Crippen molar-refractivity contribution in [1.82, 2.24) is 4.90 Å². The Hall–Kier alpha value is -2.29. The van der Waals surface area contributed by atoms with Gasteiger partial charge in [-0.3, -0.25) is 9.69 Å². The van der Waals surface area contributed by atoms with Crippen LogP contribution in [0.3, 0.4) is 0 Å². The van der Waals surface area contributed by atoms with E-state index in [9.17, 15) is 15.0 Å². The van der Waals surface area contributed by atoms with Crippen molar-refractivity contribution < 1.29 is 29.2 Å². The summed E-state index contributed by atoms with van der Waals surface area (Å²) in [7, 11) is 4.68. The molecule has 5 aliphatic rings. The van der Waals surface area contributed by atoms with Gasteiger partial charge in [0.05, 0.1) is 39.0 Å². The van der Waals surface area contributed by atoms with Crippen molar-refractivity contribution in [2.24, 2.45) is 5.92 Å². The molecule has 1 amide bonds. The van der Waals surface area contributed by atoms with Crippen LogP contribution in [0.1, 0.15) is 25.3 Å². The first-order valence-corrected chi connectivity index (χ1v) is 10.3. The van der Waals surface area contributed by atoms with E-state index >= 15 is 0 Å². The highest BCUT2D eigenvalue weighted by Gasteiger charge is 2.72. The minimum Gasteiger partial charge on any atom is -0.494 e. The first-order chi connectivity index (χ1) is 14.4. The first-order valence-electron chi connectivity index (χ1n) is 10.3. The van der Waals surface area contributed by atoms with E-state index in [0.717, 1.165) is 11.1 Å². The van der Waals surface area contributed by atoms with Gasteiger partial charge in [-0.1, -0.05) is 11.6 Å². The second kappa shape index (κ2) is 6.35. The minimum absolute atomic E-state index is 0.116. The third-order valence-electron chi connectivity index (χ3n) is 7.90. The highest BCUT2D eigenvalue weighted by Crippen LogP contribution is 2.65. The van der Waals surface area contributed by atoms with Crippen LogP contribution in [-0.4, -0.2) is 73.2 Å². The van der Waals surface area contributed by atoms with Gasteiger partial charge in [0.25, 0.3) is 0 Å². The van der Waals surface area contributed by atoms with Crippen LogP contribution >= 0.6 is 0 Å². The van der Waals surface area contributed by atoms with E-state index < -0.39 is 11.0 Å². The summed E-state index contributed by atoms with van der Waals surface area (Å²) in [5.41, 5.74) is 0.256. The van der Waals surface area contributed by atoms with Gasteiger partial charge in [-0.05, 0) is 19.8 Å². The molecule has 4 bridgehead atoms. The molecule has 6 atom stereocenters. The largest absolute Gasteiger partial charge is 0.494 e. The topological polar surface area (TPSA) is 100 Å². The predicted octanol–water partition coefficient (Wildman–Crippen LogP) is 1.05. The van der Waals surface area contributed by atoms with Gasteiger partial charge in [0.1, 0.15) is 11.4 Å². The number of rotatable bonds is 4. The summed E-state index contributed by atoms with van der Waals surface area (Å²) in [6, 6.07) is 1.27. The highest BCUT2D eigenvalue weighted by atomic mass is 16.5. The molecule has 1 aromatic carbocycles. The van der Waals surface area contributed by atoms with Gasteiger partial charge in [-0.15, -0.1) is 0 Å². The Kier molecular flexibility index (Phi) is 4.16. The van der Waals surface area contributed by atoms with E-state index in [1.165, 1.54) is 0 Å². The third kappa shape index (κ3) is 2.04. The zero-order valence-corrected chi connectivity index (χ0v) is 17.7. The summed E-state index contributed by atoms with van der Waals surface area (Å²) in [6.07, 6.45) is 3.01. The second-order valence-corrected chi connectivity index (χ2v) is 8.70. The van der Waals surface area contributed by atoms with E-state index in [1.807, 2.05) is 13.0 Å². The molecule has 5 aliphatic heterocycles. The summed E-state index contributed by atoms with van der Waals surface area (Å²) in [4.78, 5) is 15.8. The number of piperidine rings is 3. The number of methoxy groups -OCH3 is 3. The van der Waals surface area contributed by atoms with Crippen LogP contribution in [0, 0.1) is 5.92 Å². The molecule has 162 valence electrons. The SMILES string of the molecule is C/C=C1/CN2[C@H]3C[C@@]4(C(=O)Nc5c(OC)cc(OC)c(OC)c54)[C@@H]2C[C@@H]1C3(O)CO. The van der Waals surface area contributed by atoms with Crippen LogP contribution in [0.4, 0.5) is 5.69 Å². The molecule has 1 spiro atoms. The van der Waals surface area contributed by atoms with Gasteiger partial charge in [-0.25, -0.2) is 0 Å². The van der Waals surface area contributed by atoms with Crippen molar-refractivity contribution in [3.8, 4) is 17.2 Å². The van der Waals surface area contributed by atoms with E-state index in [1.54, 1.807) is 27.4 Å². The van der Waals surface area contributed by atoms with Crippen molar-refractivity contribution in [3.63, 3.8) is 0 Å². The van der Waals surface area contributed by atoms with Crippen molar-refractivity contribution in [3.05, 3.63) is 23.3 Å². The molecule has 4 fully saturated rings. The number of benzene rings is 1. The molecule has 0 saturated carbocycles. The first kappa shape index (κ1) is 19.7. The molecular formula is C22H28N2O6. The number of hydrogen-bond acceptors (Lipinski definition) is 7. The van der Waals surface area contributed by atoms with Gasteiger partial charge in [0, 0.05) is 36.2 Å². The fourth-order valence-corrected chi connectivity index (χ4v) is 6.57. The average molecular weight is 416 g/mol. The van der Waals surface area contributed by atoms with E-state index in [0.29, 0.717) is 42.3 Å². The Morgan fingerprint density at radius 1 is 1.23 bits per heavy atom. The molecule has 8 heteroatoms. The molecule has 5 heterocycles. The van der Waals surface area contributed by atoms with Crippen LogP contribution in [-0.2, 0) is 10.2 Å². The average Bonchev–Trinajstić information content (AvgIpc) is 3.23. The fourth-order valence-electron chi connectivity index (χ4n) is 6.57. The van der Waals surface area contributed by atoms with Crippen LogP contribution in [0.5, 0.6) is 17.2 Å². The number of hydrogen-bond donors (Lipinski definition) is 3. The number of amides is 1. The van der Waals surface area contributed by atoms with Crippen molar-refractivity contribution >= 4 is 11.6 Å². The number of aliphatic hydroxyl groups is 2. The Bertz CT molecular complexity index is 961. The maximum Gasteiger partial charge on any atom is 0.237 e. The number of nitrogens with one attached hydrogen (secondary N) is 1. The summed E-state index contributed by atoms with van der Waals surface area (Å²) in [6.45, 7) is 2.31. The molecule has 2 unspecified atom stereocenters. The van der Waals surface area contributed by atoms with Crippen molar-refractivity contribution in [1.29, 1.82) is 0 Å². The normalized spacial score (nSPS) is 39.4. The number of aliphatic hydroxyl groups excluding tert-OH is 1. The minimum atomic E-state index is -1.28. The number of nitrogens with zero attached hydrogens (tertiary/aromatic N) is 1. The summed E-state index contributed by atoms with van der Waals surface area (Å²) in [5, 5.41) is 24.7. The zero-order valence-electron chi connectivity index (χ0n) is 17.7. The maximum atomic E-state index is 13.6. The fraction of sp³-hybridized carbons (Fsp3) is 0.591. The summed E-state index contributed by atoms with van der Waals surface area (Å²) >= 11 is 0. The Balaban J connectivity index is 1.75. The molecule has 0 radical (unpaired) electrons. The van der Waals surface area contributed by atoms with Crippen molar-refractivity contribution in [2.75, 3.05) is 39.8 Å². The molecule has 1 aromatic rings. The molecule has 8 nitrogen and oxygen atoms in total. The van der Waals surface area contributed by atoms with Crippen LogP contribution in [0.25, 0.3) is 0 Å². The monoisotopic (exact) mass is 416 g/mol. The Morgan fingerprint density at radius 2 is 1.97 bits per heavy atom. The van der Waals surface area contributed by atoms with E-state index in [4.69, 9.17) is 14.2 Å². The third-order valence-corrected chi connectivity index (χ3v) is 7.90. The summed E-state index contributed by atoms with van der Waals surface area (Å²) < 4.78 is 16.9. The number of allylic oxidation sites excluding steroid dienone is 1. The number of ether oxygens (including phenoxy) is 3. The van der Waals surface area contributed by atoms with E-state index in [-0.39, 0.29) is 30.5 Å². The summed E-state index contributed by atoms with van der Waals surface area (Å²) in [5.74, 6) is 1.22. The van der Waals surface area contributed by atoms with Gasteiger partial charge >= 0.3 is 0 Å².